The van der Waals surface area contributed by atoms with Gasteiger partial charge in [0.1, 0.15) is 41.1 Å². The first-order chi connectivity index (χ1) is 26.2. The molecule has 0 saturated heterocycles. The highest BCUT2D eigenvalue weighted by atomic mass is 32.2. The predicted octanol–water partition coefficient (Wildman–Crippen LogP) is 2.84. The van der Waals surface area contributed by atoms with Crippen molar-refractivity contribution < 1.29 is 48.4 Å². The minimum Gasteiger partial charge on any atom is -0.456 e. The lowest BCUT2D eigenvalue weighted by molar-refractivity contribution is -0.122. The third-order valence-corrected chi connectivity index (χ3v) is 12.2. The van der Waals surface area contributed by atoms with Gasteiger partial charge >= 0.3 is 0 Å². The predicted molar refractivity (Wildman–Crippen MR) is 214 cm³/mol. The summed E-state index contributed by atoms with van der Waals surface area (Å²) >= 11 is 0. The maximum absolute atomic E-state index is 13.7. The number of amides is 2. The topological polar surface area (TPSA) is 232 Å². The highest BCUT2D eigenvalue weighted by Crippen LogP contribution is 2.43. The van der Waals surface area contributed by atoms with Crippen molar-refractivity contribution >= 4 is 58.7 Å². The molecule has 0 fully saturated rings. The molecule has 4 rings (SSSR count). The van der Waals surface area contributed by atoms with E-state index in [4.69, 9.17) is 4.42 Å². The molecule has 16 nitrogen and oxygen atoms in total. The molecule has 0 bridgehead atoms. The van der Waals surface area contributed by atoms with E-state index < -0.39 is 63.7 Å². The van der Waals surface area contributed by atoms with E-state index in [0.29, 0.717) is 60.1 Å². The monoisotopic (exact) mass is 834 g/mol. The zero-order chi connectivity index (χ0) is 41.6. The summed E-state index contributed by atoms with van der Waals surface area (Å²) in [6, 6.07) is 11.7. The summed E-state index contributed by atoms with van der Waals surface area (Å²) in [4.78, 5) is 25.3. The Morgan fingerprint density at radius 1 is 0.857 bits per heavy atom. The number of carbonyl (C=O) groups is 2. The largest absolute Gasteiger partial charge is 0.456 e. The average molecular weight is 835 g/mol. The lowest BCUT2D eigenvalue weighted by Crippen LogP contribution is -2.50. The van der Waals surface area contributed by atoms with Gasteiger partial charge in [0.05, 0.1) is 11.0 Å². The first-order valence-corrected chi connectivity index (χ1v) is 22.4. The fourth-order valence-corrected chi connectivity index (χ4v) is 9.00. The Kier molecular flexibility index (Phi) is 14.2. The molecule has 0 aromatic heterocycles. The van der Waals surface area contributed by atoms with Crippen LogP contribution in [0.3, 0.4) is 0 Å². The van der Waals surface area contributed by atoms with Gasteiger partial charge in [-0.05, 0) is 71.4 Å². The Labute approximate surface area is 327 Å². The minimum absolute atomic E-state index is 0.0607. The smallest absolute Gasteiger partial charge is 0.295 e. The van der Waals surface area contributed by atoms with Crippen LogP contribution in [0.2, 0.25) is 0 Å². The van der Waals surface area contributed by atoms with Crippen LogP contribution in [0.5, 0.6) is 0 Å². The number of anilines is 1. The number of nitrogens with zero attached hydrogens (tertiary/aromatic N) is 2. The summed E-state index contributed by atoms with van der Waals surface area (Å²) in [7, 11) is -15.0. The van der Waals surface area contributed by atoms with Crippen molar-refractivity contribution in [2.45, 2.75) is 56.9 Å². The van der Waals surface area contributed by atoms with Gasteiger partial charge in [-0.15, -0.1) is 0 Å². The minimum atomic E-state index is -5.15. The Morgan fingerprint density at radius 2 is 1.50 bits per heavy atom. The second kappa shape index (κ2) is 18.1. The van der Waals surface area contributed by atoms with Crippen LogP contribution < -0.4 is 30.2 Å². The molecule has 1 atom stereocenters. The number of rotatable bonds is 18. The van der Waals surface area contributed by atoms with Crippen molar-refractivity contribution in [1.82, 2.24) is 19.9 Å². The second-order valence-electron chi connectivity index (χ2n) is 12.9. The van der Waals surface area contributed by atoms with E-state index in [0.717, 1.165) is 17.1 Å². The van der Waals surface area contributed by atoms with Crippen LogP contribution in [0.15, 0.2) is 81.0 Å². The number of benzene rings is 3. The molecule has 0 saturated carbocycles. The van der Waals surface area contributed by atoms with Crippen LogP contribution in [0, 0.1) is 0 Å². The zero-order valence-corrected chi connectivity index (χ0v) is 34.3. The Hall–Kier alpha value is -4.66. The van der Waals surface area contributed by atoms with Crippen molar-refractivity contribution in [3.05, 3.63) is 72.1 Å². The van der Waals surface area contributed by atoms with Crippen molar-refractivity contribution in [3.63, 3.8) is 0 Å². The fraction of sp³-hybridized carbons (Fsp3) is 0.378. The van der Waals surface area contributed by atoms with Gasteiger partial charge in [-0.25, -0.2) is 13.0 Å². The highest BCUT2D eigenvalue weighted by Gasteiger charge is 2.32. The summed E-state index contributed by atoms with van der Waals surface area (Å²) in [5.74, 6) is -2.50. The molecule has 2 aromatic rings. The molecule has 2 amide bonds. The molecule has 56 heavy (non-hydrogen) atoms. The van der Waals surface area contributed by atoms with E-state index in [1.165, 1.54) is 13.0 Å². The van der Waals surface area contributed by atoms with Gasteiger partial charge in [-0.3, -0.25) is 18.7 Å². The quantitative estimate of drug-likeness (QED) is 0.0320. The van der Waals surface area contributed by atoms with E-state index in [2.05, 4.69) is 26.7 Å². The van der Waals surface area contributed by atoms with Gasteiger partial charge in [0.2, 0.25) is 27.2 Å². The molecule has 19 heteroatoms. The normalized spacial score (nSPS) is 12.7. The third-order valence-electron chi connectivity index (χ3n) is 9.07. The van der Waals surface area contributed by atoms with E-state index in [-0.39, 0.29) is 30.6 Å². The van der Waals surface area contributed by atoms with Crippen molar-refractivity contribution in [2.75, 3.05) is 49.9 Å². The standard InChI is InChI=1S/C37H47N5O11S3/c1-7-41(8-2)25-12-15-28-32(20-25)53-33-21-26(42(9-3)10-4)13-16-29(33)35(28)30-17-14-27(22-34(30)56(50,51)52)55(48,49)40-31(23-54(45,46)47)37(44)39-19-11-18-38-36(43)24(5)6/h12-17,20-22,31,40H,5,7-11,18-19,23H2,1-4,6H3,(H3-,38,39,43,44,45,46,47,50,51,52)/p+1. The van der Waals surface area contributed by atoms with Crippen LogP contribution in [0.1, 0.15) is 41.0 Å². The molecule has 0 spiro atoms. The molecule has 0 radical (unpaired) electrons. The average Bonchev–Trinajstić information content (AvgIpc) is 3.12. The number of carbonyl (C=O) groups excluding carboxylic acids is 2. The number of sulfonamides is 1. The van der Waals surface area contributed by atoms with Crippen LogP contribution in [-0.2, 0) is 39.8 Å². The molecular weight excluding hydrogens is 787 g/mol. The van der Waals surface area contributed by atoms with E-state index in [1.807, 2.05) is 56.7 Å². The SMILES string of the molecule is C=C(C)C(=O)NCCCNC(=O)C(CS(=O)(=O)O)NS(=O)(=O)c1ccc(-c2c3ccc(=[N+](CC)CC)cc-3oc3cc(N(CC)CC)ccc23)c(S(=O)(=O)O)c1. The van der Waals surface area contributed by atoms with Crippen LogP contribution >= 0.6 is 0 Å². The number of hydrogen-bond donors (Lipinski definition) is 5. The fourth-order valence-electron chi connectivity index (χ4n) is 6.22. The maximum Gasteiger partial charge on any atom is 0.295 e. The zero-order valence-electron chi connectivity index (χ0n) is 31.8. The molecule has 1 heterocycles. The summed E-state index contributed by atoms with van der Waals surface area (Å²) in [5, 5.41) is 6.21. The van der Waals surface area contributed by atoms with E-state index in [9.17, 15) is 43.9 Å². The highest BCUT2D eigenvalue weighted by molar-refractivity contribution is 7.90. The molecule has 1 aliphatic carbocycles. The van der Waals surface area contributed by atoms with Crippen molar-refractivity contribution in [1.29, 1.82) is 0 Å². The Balaban J connectivity index is 1.85. The Bertz CT molecular complexity index is 2510. The first-order valence-electron chi connectivity index (χ1n) is 17.9. The lowest BCUT2D eigenvalue weighted by Gasteiger charge is -2.23. The van der Waals surface area contributed by atoms with Crippen molar-refractivity contribution in [2.24, 2.45) is 0 Å². The Morgan fingerprint density at radius 3 is 2.09 bits per heavy atom. The van der Waals surface area contributed by atoms with Gasteiger partial charge in [-0.2, -0.15) is 21.6 Å². The third kappa shape index (κ3) is 10.6. The van der Waals surface area contributed by atoms with Gasteiger partial charge in [0.25, 0.3) is 20.2 Å². The van der Waals surface area contributed by atoms with Gasteiger partial charge in [0.15, 0.2) is 0 Å². The number of nitrogens with one attached hydrogen (secondary N) is 3. The summed E-state index contributed by atoms with van der Waals surface area (Å²) < 4.78 is 108. The van der Waals surface area contributed by atoms with Crippen molar-refractivity contribution in [3.8, 4) is 22.5 Å². The van der Waals surface area contributed by atoms with E-state index >= 15 is 0 Å². The van der Waals surface area contributed by atoms with Crippen LogP contribution in [0.4, 0.5) is 5.69 Å². The lowest BCUT2D eigenvalue weighted by atomic mass is 9.93. The number of fused-ring (bicyclic) bond motifs is 2. The molecule has 304 valence electrons. The summed E-state index contributed by atoms with van der Waals surface area (Å²) in [5.41, 5.74) is 2.23. The summed E-state index contributed by atoms with van der Waals surface area (Å²) in [6.07, 6.45) is 0.180. The number of hydrogen-bond acceptors (Lipinski definition) is 10. The van der Waals surface area contributed by atoms with Gasteiger partial charge in [-0.1, -0.05) is 12.6 Å². The summed E-state index contributed by atoms with van der Waals surface area (Å²) in [6.45, 7) is 15.8. The molecule has 1 unspecified atom stereocenters. The van der Waals surface area contributed by atoms with E-state index in [1.54, 1.807) is 12.1 Å². The molecule has 2 aromatic carbocycles. The van der Waals surface area contributed by atoms with Gasteiger partial charge < -0.3 is 20.0 Å². The maximum atomic E-state index is 13.7. The first kappa shape index (κ1) is 44.1. The molecule has 1 aliphatic heterocycles. The molecule has 5 N–H and O–H groups in total. The molecular formula is C37H48N5O11S3+. The second-order valence-corrected chi connectivity index (χ2v) is 17.5. The van der Waals surface area contributed by atoms with Gasteiger partial charge in [0, 0.05) is 71.6 Å². The van der Waals surface area contributed by atoms with Crippen LogP contribution in [-0.4, -0.2) is 97.2 Å². The molecule has 2 aliphatic rings. The van der Waals surface area contributed by atoms with Crippen LogP contribution in [0.25, 0.3) is 33.4 Å².